The SMILES string of the molecule is CS(=O)(=O)c1nnc(N)s1. The van der Waals surface area contributed by atoms with Crippen molar-refractivity contribution in [2.24, 2.45) is 0 Å². The van der Waals surface area contributed by atoms with Gasteiger partial charge < -0.3 is 5.73 Å². The monoisotopic (exact) mass is 179 g/mol. The predicted octanol–water partition coefficient (Wildman–Crippen LogP) is -0.476. The molecule has 1 rings (SSSR count). The number of nitrogen functional groups attached to an aromatic ring is 1. The maximum absolute atomic E-state index is 10.7. The van der Waals surface area contributed by atoms with Crippen LogP contribution in [0.1, 0.15) is 0 Å². The Morgan fingerprint density at radius 1 is 1.50 bits per heavy atom. The van der Waals surface area contributed by atoms with Gasteiger partial charge in [0.05, 0.1) is 0 Å². The average molecular weight is 179 g/mol. The van der Waals surface area contributed by atoms with Gasteiger partial charge in [0.15, 0.2) is 0 Å². The summed E-state index contributed by atoms with van der Waals surface area (Å²) >= 11 is 0.862. The second-order valence-electron chi connectivity index (χ2n) is 1.68. The fraction of sp³-hybridized carbons (Fsp3) is 0.333. The van der Waals surface area contributed by atoms with E-state index in [1.807, 2.05) is 0 Å². The summed E-state index contributed by atoms with van der Waals surface area (Å²) in [5, 5.41) is 6.86. The molecule has 1 aromatic rings. The minimum Gasteiger partial charge on any atom is -0.374 e. The van der Waals surface area contributed by atoms with E-state index in [1.54, 1.807) is 0 Å². The zero-order valence-electron chi connectivity index (χ0n) is 5.10. The van der Waals surface area contributed by atoms with E-state index >= 15 is 0 Å². The van der Waals surface area contributed by atoms with Crippen LogP contribution in [0.5, 0.6) is 0 Å². The van der Waals surface area contributed by atoms with Gasteiger partial charge in [-0.2, -0.15) is 0 Å². The standard InChI is InChI=1S/C3H5N3O2S2/c1-10(7,8)3-6-5-2(4)9-3/h1H3,(H2,4,5). The van der Waals surface area contributed by atoms with Gasteiger partial charge in [-0.15, -0.1) is 10.2 Å². The number of hydrogen-bond acceptors (Lipinski definition) is 6. The molecule has 5 nitrogen and oxygen atoms in total. The summed E-state index contributed by atoms with van der Waals surface area (Å²) in [6, 6.07) is 0. The third-order valence-electron chi connectivity index (χ3n) is 0.739. The molecule has 0 saturated carbocycles. The van der Waals surface area contributed by atoms with E-state index in [0.29, 0.717) is 0 Å². The molecular formula is C3H5N3O2S2. The molecule has 0 saturated heterocycles. The Morgan fingerprint density at radius 2 is 2.10 bits per heavy atom. The van der Waals surface area contributed by atoms with Gasteiger partial charge in [-0.25, -0.2) is 8.42 Å². The van der Waals surface area contributed by atoms with E-state index in [0.717, 1.165) is 17.6 Å². The Morgan fingerprint density at radius 3 is 2.30 bits per heavy atom. The first-order valence-corrected chi connectivity index (χ1v) is 5.00. The molecule has 0 aliphatic heterocycles. The molecule has 1 heterocycles. The lowest BCUT2D eigenvalue weighted by Crippen LogP contribution is -1.95. The smallest absolute Gasteiger partial charge is 0.234 e. The lowest BCUT2D eigenvalue weighted by atomic mass is 11.3. The van der Waals surface area contributed by atoms with Crippen LogP contribution < -0.4 is 5.73 Å². The molecule has 0 aromatic carbocycles. The minimum atomic E-state index is -3.22. The molecule has 1 aromatic heterocycles. The van der Waals surface area contributed by atoms with E-state index in [4.69, 9.17) is 5.73 Å². The van der Waals surface area contributed by atoms with Gasteiger partial charge in [0.2, 0.25) is 19.3 Å². The molecule has 0 fully saturated rings. The number of nitrogens with two attached hydrogens (primary N) is 1. The van der Waals surface area contributed by atoms with Crippen molar-refractivity contribution < 1.29 is 8.42 Å². The number of nitrogens with zero attached hydrogens (tertiary/aromatic N) is 2. The number of aromatic nitrogens is 2. The summed E-state index contributed by atoms with van der Waals surface area (Å²) in [6.07, 6.45) is 1.06. The van der Waals surface area contributed by atoms with E-state index < -0.39 is 9.84 Å². The van der Waals surface area contributed by atoms with E-state index in [9.17, 15) is 8.42 Å². The van der Waals surface area contributed by atoms with Crippen molar-refractivity contribution in [1.29, 1.82) is 0 Å². The van der Waals surface area contributed by atoms with Crippen molar-refractivity contribution in [3.63, 3.8) is 0 Å². The number of sulfone groups is 1. The number of rotatable bonds is 1. The van der Waals surface area contributed by atoms with Crippen LogP contribution in [0.4, 0.5) is 5.13 Å². The fourth-order valence-corrected chi connectivity index (χ4v) is 1.76. The quantitative estimate of drug-likeness (QED) is 0.629. The topological polar surface area (TPSA) is 85.9 Å². The Balaban J connectivity index is 3.21. The number of anilines is 1. The minimum absolute atomic E-state index is 0.0370. The van der Waals surface area contributed by atoms with Crippen LogP contribution in [0.15, 0.2) is 4.34 Å². The van der Waals surface area contributed by atoms with Gasteiger partial charge in [-0.05, 0) is 0 Å². The largest absolute Gasteiger partial charge is 0.374 e. The summed E-state index contributed by atoms with van der Waals surface area (Å²) in [4.78, 5) is 0. The Hall–Kier alpha value is -0.690. The molecule has 0 amide bonds. The molecular weight excluding hydrogens is 174 g/mol. The van der Waals surface area contributed by atoms with Gasteiger partial charge in [0, 0.05) is 6.26 Å². The fourth-order valence-electron chi connectivity index (χ4n) is 0.370. The normalized spacial score (nSPS) is 11.7. The molecule has 10 heavy (non-hydrogen) atoms. The molecule has 0 aliphatic carbocycles. The molecule has 0 bridgehead atoms. The van der Waals surface area contributed by atoms with E-state index in [2.05, 4.69) is 10.2 Å². The highest BCUT2D eigenvalue weighted by molar-refractivity contribution is 7.92. The maximum Gasteiger partial charge on any atom is 0.234 e. The molecule has 56 valence electrons. The summed E-state index contributed by atoms with van der Waals surface area (Å²) < 4.78 is 21.4. The van der Waals surface area contributed by atoms with Crippen LogP contribution in [0.25, 0.3) is 0 Å². The highest BCUT2D eigenvalue weighted by Crippen LogP contribution is 2.15. The van der Waals surface area contributed by atoms with Gasteiger partial charge in [0.1, 0.15) is 0 Å². The van der Waals surface area contributed by atoms with Crippen LogP contribution >= 0.6 is 11.3 Å². The van der Waals surface area contributed by atoms with Crippen LogP contribution in [0, 0.1) is 0 Å². The maximum atomic E-state index is 10.7. The zero-order chi connectivity index (χ0) is 7.78. The van der Waals surface area contributed by atoms with Gasteiger partial charge in [-0.1, -0.05) is 11.3 Å². The van der Waals surface area contributed by atoms with Crippen molar-refractivity contribution in [2.45, 2.75) is 4.34 Å². The van der Waals surface area contributed by atoms with Crippen molar-refractivity contribution in [2.75, 3.05) is 12.0 Å². The second kappa shape index (κ2) is 2.17. The summed E-state index contributed by atoms with van der Waals surface area (Å²) in [7, 11) is -3.22. The van der Waals surface area contributed by atoms with Gasteiger partial charge >= 0.3 is 0 Å². The van der Waals surface area contributed by atoms with Crippen molar-refractivity contribution in [1.82, 2.24) is 10.2 Å². The summed E-state index contributed by atoms with van der Waals surface area (Å²) in [5.41, 5.74) is 5.16. The zero-order valence-corrected chi connectivity index (χ0v) is 6.74. The first-order valence-electron chi connectivity index (χ1n) is 2.29. The molecule has 0 atom stereocenters. The van der Waals surface area contributed by atoms with Crippen LogP contribution in [-0.4, -0.2) is 24.9 Å². The average Bonchev–Trinajstić information content (AvgIpc) is 2.11. The summed E-state index contributed by atoms with van der Waals surface area (Å²) in [6.45, 7) is 0. The molecule has 7 heteroatoms. The van der Waals surface area contributed by atoms with Crippen molar-refractivity contribution in [3.8, 4) is 0 Å². The molecule has 0 spiro atoms. The Labute approximate surface area is 61.8 Å². The third kappa shape index (κ3) is 1.42. The van der Waals surface area contributed by atoms with E-state index in [-0.39, 0.29) is 9.47 Å². The first-order chi connectivity index (χ1) is 4.50. The van der Waals surface area contributed by atoms with Gasteiger partial charge in [-0.3, -0.25) is 0 Å². The van der Waals surface area contributed by atoms with Crippen LogP contribution in [-0.2, 0) is 9.84 Å². The highest BCUT2D eigenvalue weighted by Gasteiger charge is 2.12. The Kier molecular flexibility index (Phi) is 1.61. The van der Waals surface area contributed by atoms with Crippen molar-refractivity contribution in [3.05, 3.63) is 0 Å². The number of hydrogen-bond donors (Lipinski definition) is 1. The summed E-state index contributed by atoms with van der Waals surface area (Å²) in [5.74, 6) is 0. The predicted molar refractivity (Wildman–Crippen MR) is 37.4 cm³/mol. The third-order valence-corrected chi connectivity index (χ3v) is 3.16. The highest BCUT2D eigenvalue weighted by atomic mass is 32.2. The lowest BCUT2D eigenvalue weighted by molar-refractivity contribution is 0.600. The van der Waals surface area contributed by atoms with Gasteiger partial charge in [0.25, 0.3) is 0 Å². The van der Waals surface area contributed by atoms with Crippen molar-refractivity contribution >= 4 is 26.3 Å². The van der Waals surface area contributed by atoms with E-state index in [1.165, 1.54) is 0 Å². The lowest BCUT2D eigenvalue weighted by Gasteiger charge is -1.83. The van der Waals surface area contributed by atoms with Crippen LogP contribution in [0.2, 0.25) is 0 Å². The molecule has 2 N–H and O–H groups in total. The second-order valence-corrected chi connectivity index (χ2v) is 4.88. The molecule has 0 aliphatic rings. The molecule has 0 unspecified atom stereocenters. The first kappa shape index (κ1) is 7.42. The van der Waals surface area contributed by atoms with Crippen LogP contribution in [0.3, 0.4) is 0 Å². The Bertz CT molecular complexity index is 327. The molecule has 0 radical (unpaired) electrons.